The Kier molecular flexibility index (Phi) is 4.56. The fourth-order valence-electron chi connectivity index (χ4n) is 2.14. The van der Waals surface area contributed by atoms with Crippen molar-refractivity contribution >= 4 is 5.91 Å². The van der Waals surface area contributed by atoms with Crippen LogP contribution >= 0.6 is 0 Å². The highest BCUT2D eigenvalue weighted by Crippen LogP contribution is 2.15. The summed E-state index contributed by atoms with van der Waals surface area (Å²) in [5.74, 6) is 0.00844. The lowest BCUT2D eigenvalue weighted by molar-refractivity contribution is 0.0827. The van der Waals surface area contributed by atoms with Gasteiger partial charge >= 0.3 is 0 Å². The Morgan fingerprint density at radius 2 is 2.10 bits per heavy atom. The Morgan fingerprint density at radius 3 is 2.80 bits per heavy atom. The predicted molar refractivity (Wildman–Crippen MR) is 80.2 cm³/mol. The Hall–Kier alpha value is -2.10. The van der Waals surface area contributed by atoms with Crippen molar-refractivity contribution in [3.05, 3.63) is 47.8 Å². The molecule has 1 heterocycles. The number of hydrogen-bond acceptors (Lipinski definition) is 2. The van der Waals surface area contributed by atoms with E-state index in [4.69, 9.17) is 0 Å². The Morgan fingerprint density at radius 1 is 1.30 bits per heavy atom. The summed E-state index contributed by atoms with van der Waals surface area (Å²) in [4.78, 5) is 13.6. The van der Waals surface area contributed by atoms with Crippen molar-refractivity contribution in [3.8, 4) is 5.69 Å². The highest BCUT2D eigenvalue weighted by molar-refractivity contribution is 5.94. The van der Waals surface area contributed by atoms with Gasteiger partial charge in [-0.2, -0.15) is 5.10 Å². The third-order valence-corrected chi connectivity index (χ3v) is 3.25. The average molecular weight is 271 g/mol. The van der Waals surface area contributed by atoms with Crippen LogP contribution in [0.3, 0.4) is 0 Å². The monoisotopic (exact) mass is 271 g/mol. The molecule has 1 aromatic heterocycles. The van der Waals surface area contributed by atoms with Gasteiger partial charge in [0, 0.05) is 31.5 Å². The van der Waals surface area contributed by atoms with Crippen molar-refractivity contribution in [2.24, 2.45) is 0 Å². The van der Waals surface area contributed by atoms with E-state index < -0.39 is 0 Å². The van der Waals surface area contributed by atoms with Gasteiger partial charge in [-0.15, -0.1) is 0 Å². The molecule has 0 spiro atoms. The maximum absolute atomic E-state index is 12.0. The molecule has 0 radical (unpaired) electrons. The molecule has 106 valence electrons. The van der Waals surface area contributed by atoms with Crippen molar-refractivity contribution in [2.45, 2.75) is 26.2 Å². The standard InChI is InChI=1S/C16H21N3O/c1-4-5-8-14-10-11-17-19(14)15-9-6-7-13(12-15)16(20)18(2)3/h6-7,9-12H,4-5,8H2,1-3H3. The third kappa shape index (κ3) is 3.07. The molecule has 0 aliphatic heterocycles. The van der Waals surface area contributed by atoms with Crippen LogP contribution in [0.4, 0.5) is 0 Å². The molecule has 0 N–H and O–H groups in total. The van der Waals surface area contributed by atoms with Crippen molar-refractivity contribution in [3.63, 3.8) is 0 Å². The SMILES string of the molecule is CCCCc1ccnn1-c1cccc(C(=O)N(C)C)c1. The van der Waals surface area contributed by atoms with Gasteiger partial charge in [0.25, 0.3) is 5.91 Å². The summed E-state index contributed by atoms with van der Waals surface area (Å²) in [6, 6.07) is 9.65. The first-order valence-corrected chi connectivity index (χ1v) is 6.98. The number of aromatic nitrogens is 2. The summed E-state index contributed by atoms with van der Waals surface area (Å²) < 4.78 is 1.92. The molecule has 0 bridgehead atoms. The second-order valence-corrected chi connectivity index (χ2v) is 5.09. The zero-order valence-corrected chi connectivity index (χ0v) is 12.3. The summed E-state index contributed by atoms with van der Waals surface area (Å²) in [7, 11) is 3.52. The lowest BCUT2D eigenvalue weighted by Gasteiger charge is -2.12. The van der Waals surface area contributed by atoms with Crippen LogP contribution in [0.5, 0.6) is 0 Å². The van der Waals surface area contributed by atoms with Crippen LogP contribution in [0.2, 0.25) is 0 Å². The average Bonchev–Trinajstić information content (AvgIpc) is 2.92. The summed E-state index contributed by atoms with van der Waals surface area (Å²) >= 11 is 0. The molecule has 0 saturated heterocycles. The Balaban J connectivity index is 2.32. The molecule has 2 rings (SSSR count). The van der Waals surface area contributed by atoms with Gasteiger partial charge in [-0.25, -0.2) is 4.68 Å². The highest BCUT2D eigenvalue weighted by Gasteiger charge is 2.10. The van der Waals surface area contributed by atoms with Crippen molar-refractivity contribution in [1.82, 2.24) is 14.7 Å². The molecule has 20 heavy (non-hydrogen) atoms. The summed E-state index contributed by atoms with van der Waals surface area (Å²) in [6.07, 6.45) is 5.11. The molecule has 0 saturated carbocycles. The zero-order chi connectivity index (χ0) is 14.5. The molecule has 0 aliphatic rings. The van der Waals surface area contributed by atoms with E-state index in [1.807, 2.05) is 41.2 Å². The largest absolute Gasteiger partial charge is 0.345 e. The maximum atomic E-state index is 12.0. The van der Waals surface area contributed by atoms with Crippen LogP contribution in [0.25, 0.3) is 5.69 Å². The molecule has 2 aromatic rings. The van der Waals surface area contributed by atoms with Crippen LogP contribution < -0.4 is 0 Å². The first kappa shape index (κ1) is 14.3. The number of amides is 1. The normalized spacial score (nSPS) is 10.6. The second-order valence-electron chi connectivity index (χ2n) is 5.09. The van der Waals surface area contributed by atoms with E-state index in [1.165, 1.54) is 5.69 Å². The number of aryl methyl sites for hydroxylation is 1. The fraction of sp³-hybridized carbons (Fsp3) is 0.375. The van der Waals surface area contributed by atoms with E-state index in [2.05, 4.69) is 12.0 Å². The molecular weight excluding hydrogens is 250 g/mol. The molecule has 4 nitrogen and oxygen atoms in total. The van der Waals surface area contributed by atoms with Crippen molar-refractivity contribution in [2.75, 3.05) is 14.1 Å². The summed E-state index contributed by atoms with van der Waals surface area (Å²) in [5, 5.41) is 4.38. The quantitative estimate of drug-likeness (QED) is 0.838. The minimum Gasteiger partial charge on any atom is -0.345 e. The van der Waals surface area contributed by atoms with Gasteiger partial charge in [0.15, 0.2) is 0 Å². The molecule has 4 heteroatoms. The molecule has 0 aliphatic carbocycles. The maximum Gasteiger partial charge on any atom is 0.253 e. The second kappa shape index (κ2) is 6.37. The molecule has 0 fully saturated rings. The van der Waals surface area contributed by atoms with Gasteiger partial charge in [-0.3, -0.25) is 4.79 Å². The minimum atomic E-state index is 0.00844. The van der Waals surface area contributed by atoms with Crippen molar-refractivity contribution in [1.29, 1.82) is 0 Å². The fourth-order valence-corrected chi connectivity index (χ4v) is 2.14. The number of rotatable bonds is 5. The lowest BCUT2D eigenvalue weighted by atomic mass is 10.1. The van der Waals surface area contributed by atoms with E-state index in [1.54, 1.807) is 19.0 Å². The van der Waals surface area contributed by atoms with Gasteiger partial charge < -0.3 is 4.90 Å². The number of benzene rings is 1. The molecule has 0 unspecified atom stereocenters. The number of nitrogens with zero attached hydrogens (tertiary/aromatic N) is 3. The number of carbonyl (C=O) groups excluding carboxylic acids is 1. The topological polar surface area (TPSA) is 38.1 Å². The van der Waals surface area contributed by atoms with Crippen LogP contribution in [-0.2, 0) is 6.42 Å². The Labute approximate surface area is 120 Å². The van der Waals surface area contributed by atoms with E-state index >= 15 is 0 Å². The molecule has 1 aromatic carbocycles. The smallest absolute Gasteiger partial charge is 0.253 e. The minimum absolute atomic E-state index is 0.00844. The molecule has 1 amide bonds. The summed E-state index contributed by atoms with van der Waals surface area (Å²) in [5.41, 5.74) is 2.81. The van der Waals surface area contributed by atoms with Crippen LogP contribution in [0.15, 0.2) is 36.5 Å². The number of hydrogen-bond donors (Lipinski definition) is 0. The van der Waals surface area contributed by atoms with E-state index in [0.29, 0.717) is 5.56 Å². The van der Waals surface area contributed by atoms with Gasteiger partial charge in [0.05, 0.1) is 5.69 Å². The first-order valence-electron chi connectivity index (χ1n) is 6.98. The number of unbranched alkanes of at least 4 members (excludes halogenated alkanes) is 1. The Bertz CT molecular complexity index is 587. The first-order chi connectivity index (χ1) is 9.63. The number of carbonyl (C=O) groups is 1. The zero-order valence-electron chi connectivity index (χ0n) is 12.3. The van der Waals surface area contributed by atoms with Gasteiger partial charge in [-0.05, 0) is 37.1 Å². The highest BCUT2D eigenvalue weighted by atomic mass is 16.2. The van der Waals surface area contributed by atoms with Crippen LogP contribution in [0, 0.1) is 0 Å². The van der Waals surface area contributed by atoms with Gasteiger partial charge in [-0.1, -0.05) is 19.4 Å². The van der Waals surface area contributed by atoms with Crippen molar-refractivity contribution < 1.29 is 4.79 Å². The van der Waals surface area contributed by atoms with Gasteiger partial charge in [0.1, 0.15) is 0 Å². The van der Waals surface area contributed by atoms with Crippen LogP contribution in [-0.4, -0.2) is 34.7 Å². The molecule has 0 atom stereocenters. The predicted octanol–water partition coefficient (Wildman–Crippen LogP) is 2.92. The summed E-state index contributed by atoms with van der Waals surface area (Å²) in [6.45, 7) is 2.18. The van der Waals surface area contributed by atoms with E-state index in [-0.39, 0.29) is 5.91 Å². The van der Waals surface area contributed by atoms with Crippen LogP contribution in [0.1, 0.15) is 35.8 Å². The lowest BCUT2D eigenvalue weighted by Crippen LogP contribution is -2.21. The van der Waals surface area contributed by atoms with Gasteiger partial charge in [0.2, 0.25) is 0 Å². The van der Waals surface area contributed by atoms with E-state index in [9.17, 15) is 4.79 Å². The molecular formula is C16H21N3O. The third-order valence-electron chi connectivity index (χ3n) is 3.25. The van der Waals surface area contributed by atoms with E-state index in [0.717, 1.165) is 24.9 Å².